The largest absolute Gasteiger partial charge is 0.497 e. The van der Waals surface area contributed by atoms with Crippen molar-refractivity contribution in [2.75, 3.05) is 27.2 Å². The molecule has 0 bridgehead atoms. The van der Waals surface area contributed by atoms with Crippen LogP contribution in [0.5, 0.6) is 5.75 Å². The number of nitrogens with one attached hydrogen (secondary N) is 1. The molecule has 2 aromatic carbocycles. The Morgan fingerprint density at radius 1 is 1.12 bits per heavy atom. The lowest BCUT2D eigenvalue weighted by molar-refractivity contribution is 0.379. The molecule has 3 rings (SSSR count). The predicted octanol–water partition coefficient (Wildman–Crippen LogP) is 3.49. The summed E-state index contributed by atoms with van der Waals surface area (Å²) in [7, 11) is 3.55. The molecule has 0 aliphatic carbocycles. The molecule has 0 amide bonds. The Morgan fingerprint density at radius 3 is 2.52 bits per heavy atom. The molecule has 25 heavy (non-hydrogen) atoms. The van der Waals surface area contributed by atoms with Gasteiger partial charge in [0.1, 0.15) is 5.75 Å². The van der Waals surface area contributed by atoms with E-state index in [-0.39, 0.29) is 24.0 Å². The first-order chi connectivity index (χ1) is 11.8. The molecule has 0 radical (unpaired) electrons. The highest BCUT2D eigenvalue weighted by atomic mass is 127. The van der Waals surface area contributed by atoms with Gasteiger partial charge in [0.25, 0.3) is 0 Å². The van der Waals surface area contributed by atoms with E-state index in [0.29, 0.717) is 0 Å². The molecule has 0 spiro atoms. The maximum absolute atomic E-state index is 5.20. The normalized spacial score (nSPS) is 13.7. The summed E-state index contributed by atoms with van der Waals surface area (Å²) in [5.74, 6) is 1.88. The summed E-state index contributed by atoms with van der Waals surface area (Å²) in [6, 6.07) is 16.9. The van der Waals surface area contributed by atoms with Gasteiger partial charge < -0.3 is 15.0 Å². The lowest BCUT2D eigenvalue weighted by atomic mass is 10.0. The standard InChI is InChI=1S/C20H25N3O.HI/c1-21-20(22-13-11-16-7-9-19(24-2)10-8-16)23-14-12-17-5-3-4-6-18(17)15-23;/h3-10H,11-15H2,1-2H3,(H,21,22);1H. The van der Waals surface area contributed by atoms with E-state index in [1.54, 1.807) is 7.11 Å². The summed E-state index contributed by atoms with van der Waals surface area (Å²) >= 11 is 0. The molecule has 5 heteroatoms. The number of nitrogens with zero attached hydrogens (tertiary/aromatic N) is 2. The van der Waals surface area contributed by atoms with E-state index in [9.17, 15) is 0 Å². The molecule has 1 aliphatic heterocycles. The lowest BCUT2D eigenvalue weighted by Crippen LogP contribution is -2.44. The van der Waals surface area contributed by atoms with Gasteiger partial charge >= 0.3 is 0 Å². The number of benzene rings is 2. The summed E-state index contributed by atoms with van der Waals surface area (Å²) in [6.07, 6.45) is 2.04. The van der Waals surface area contributed by atoms with Gasteiger partial charge in [0, 0.05) is 26.7 Å². The van der Waals surface area contributed by atoms with Crippen molar-refractivity contribution >= 4 is 29.9 Å². The van der Waals surface area contributed by atoms with Crippen molar-refractivity contribution in [3.05, 3.63) is 65.2 Å². The van der Waals surface area contributed by atoms with Crippen LogP contribution in [0.4, 0.5) is 0 Å². The third-order valence-corrected chi connectivity index (χ3v) is 4.50. The van der Waals surface area contributed by atoms with Gasteiger partial charge in [-0.1, -0.05) is 36.4 Å². The topological polar surface area (TPSA) is 36.9 Å². The molecule has 134 valence electrons. The molecule has 2 aromatic rings. The minimum absolute atomic E-state index is 0. The zero-order valence-electron chi connectivity index (χ0n) is 14.9. The second kappa shape index (κ2) is 9.65. The quantitative estimate of drug-likeness (QED) is 0.440. The van der Waals surface area contributed by atoms with Crippen LogP contribution in [0.15, 0.2) is 53.5 Å². The number of hydrogen-bond acceptors (Lipinski definition) is 2. The van der Waals surface area contributed by atoms with Crippen molar-refractivity contribution in [1.82, 2.24) is 10.2 Å². The third kappa shape index (κ3) is 5.11. The first-order valence-corrected chi connectivity index (χ1v) is 8.45. The van der Waals surface area contributed by atoms with Gasteiger partial charge in [0.05, 0.1) is 7.11 Å². The van der Waals surface area contributed by atoms with Crippen molar-refractivity contribution in [1.29, 1.82) is 0 Å². The van der Waals surface area contributed by atoms with Gasteiger partial charge in [0.2, 0.25) is 0 Å². The summed E-state index contributed by atoms with van der Waals surface area (Å²) in [4.78, 5) is 6.78. The van der Waals surface area contributed by atoms with E-state index >= 15 is 0 Å². The van der Waals surface area contributed by atoms with Crippen molar-refractivity contribution in [2.45, 2.75) is 19.4 Å². The van der Waals surface area contributed by atoms with Gasteiger partial charge in [-0.3, -0.25) is 4.99 Å². The molecule has 1 heterocycles. The molecule has 1 N–H and O–H groups in total. The minimum Gasteiger partial charge on any atom is -0.497 e. The second-order valence-corrected chi connectivity index (χ2v) is 6.01. The van der Waals surface area contributed by atoms with E-state index in [1.165, 1.54) is 16.7 Å². The molecule has 4 nitrogen and oxygen atoms in total. The van der Waals surface area contributed by atoms with Gasteiger partial charge in [-0.15, -0.1) is 24.0 Å². The summed E-state index contributed by atoms with van der Waals surface area (Å²) in [5.41, 5.74) is 4.16. The highest BCUT2D eigenvalue weighted by Crippen LogP contribution is 2.18. The van der Waals surface area contributed by atoms with Crippen molar-refractivity contribution in [3.8, 4) is 5.75 Å². The maximum Gasteiger partial charge on any atom is 0.193 e. The average Bonchev–Trinajstić information content (AvgIpc) is 2.65. The van der Waals surface area contributed by atoms with Crippen LogP contribution in [0, 0.1) is 0 Å². The first kappa shape index (κ1) is 19.6. The molecule has 0 unspecified atom stereocenters. The van der Waals surface area contributed by atoms with E-state index in [4.69, 9.17) is 4.74 Å². The number of guanidine groups is 1. The molecule has 1 aliphatic rings. The van der Waals surface area contributed by atoms with Crippen LogP contribution < -0.4 is 10.1 Å². The first-order valence-electron chi connectivity index (χ1n) is 8.45. The number of ether oxygens (including phenoxy) is 1. The molecule has 0 fully saturated rings. The predicted molar refractivity (Wildman–Crippen MR) is 114 cm³/mol. The zero-order valence-corrected chi connectivity index (χ0v) is 17.2. The number of rotatable bonds is 4. The third-order valence-electron chi connectivity index (χ3n) is 4.50. The van der Waals surface area contributed by atoms with Gasteiger partial charge in [-0.25, -0.2) is 0 Å². The summed E-state index contributed by atoms with van der Waals surface area (Å²) in [6.45, 7) is 2.81. The Labute approximate surface area is 167 Å². The number of halogens is 1. The fraction of sp³-hybridized carbons (Fsp3) is 0.350. The fourth-order valence-electron chi connectivity index (χ4n) is 3.12. The minimum atomic E-state index is 0. The number of hydrogen-bond donors (Lipinski definition) is 1. The van der Waals surface area contributed by atoms with Crippen LogP contribution >= 0.6 is 24.0 Å². The molecular weight excluding hydrogens is 425 g/mol. The Morgan fingerprint density at radius 2 is 1.84 bits per heavy atom. The Hall–Kier alpha value is -1.76. The second-order valence-electron chi connectivity index (χ2n) is 6.01. The maximum atomic E-state index is 5.20. The Bertz CT molecular complexity index is 700. The van der Waals surface area contributed by atoms with Crippen molar-refractivity contribution < 1.29 is 4.74 Å². The van der Waals surface area contributed by atoms with E-state index < -0.39 is 0 Å². The van der Waals surface area contributed by atoms with Crippen LogP contribution in [-0.4, -0.2) is 38.1 Å². The Balaban J connectivity index is 0.00000225. The molecular formula is C20H26IN3O. The molecule has 0 atom stereocenters. The van der Waals surface area contributed by atoms with Crippen molar-refractivity contribution in [2.24, 2.45) is 4.99 Å². The smallest absolute Gasteiger partial charge is 0.193 e. The zero-order chi connectivity index (χ0) is 16.8. The molecule has 0 aromatic heterocycles. The average molecular weight is 451 g/mol. The van der Waals surface area contributed by atoms with Crippen LogP contribution in [-0.2, 0) is 19.4 Å². The number of fused-ring (bicyclic) bond motifs is 1. The van der Waals surface area contributed by atoms with Crippen molar-refractivity contribution in [3.63, 3.8) is 0 Å². The fourth-order valence-corrected chi connectivity index (χ4v) is 3.12. The van der Waals surface area contributed by atoms with Gasteiger partial charge in [0.15, 0.2) is 5.96 Å². The van der Waals surface area contributed by atoms with E-state index in [1.807, 2.05) is 19.2 Å². The van der Waals surface area contributed by atoms with Gasteiger partial charge in [-0.05, 0) is 41.7 Å². The summed E-state index contributed by atoms with van der Waals surface area (Å²) in [5, 5.41) is 3.49. The van der Waals surface area contributed by atoms with E-state index in [0.717, 1.165) is 44.2 Å². The van der Waals surface area contributed by atoms with Crippen LogP contribution in [0.1, 0.15) is 16.7 Å². The lowest BCUT2D eigenvalue weighted by Gasteiger charge is -2.31. The molecule has 0 saturated heterocycles. The summed E-state index contributed by atoms with van der Waals surface area (Å²) < 4.78 is 5.20. The van der Waals surface area contributed by atoms with Crippen LogP contribution in [0.3, 0.4) is 0 Å². The number of aliphatic imine (C=N–C) groups is 1. The molecule has 0 saturated carbocycles. The van der Waals surface area contributed by atoms with E-state index in [2.05, 4.69) is 51.6 Å². The Kier molecular flexibility index (Phi) is 7.55. The SMILES string of the molecule is CN=C(NCCc1ccc(OC)cc1)N1CCc2ccccc2C1.I. The monoisotopic (exact) mass is 451 g/mol. The highest BCUT2D eigenvalue weighted by Gasteiger charge is 2.18. The van der Waals surface area contributed by atoms with Crippen LogP contribution in [0.25, 0.3) is 0 Å². The highest BCUT2D eigenvalue weighted by molar-refractivity contribution is 14.0. The number of methoxy groups -OCH3 is 1. The van der Waals surface area contributed by atoms with Gasteiger partial charge in [-0.2, -0.15) is 0 Å². The van der Waals surface area contributed by atoms with Crippen LogP contribution in [0.2, 0.25) is 0 Å².